The molecular weight excluding hydrogens is 281 g/mol. The summed E-state index contributed by atoms with van der Waals surface area (Å²) >= 11 is 12.4. The minimum atomic E-state index is 0.254. The third kappa shape index (κ3) is 6.13. The summed E-state index contributed by atoms with van der Waals surface area (Å²) in [4.78, 5) is 0. The van der Waals surface area contributed by atoms with Gasteiger partial charge in [0.1, 0.15) is 0 Å². The zero-order chi connectivity index (χ0) is 14.1. The predicted molar refractivity (Wildman–Crippen MR) is 83.4 cm³/mol. The largest absolute Gasteiger partial charge is 0.380 e. The van der Waals surface area contributed by atoms with Crippen LogP contribution in [0.3, 0.4) is 0 Å². The molecule has 0 heterocycles. The number of nitrogens with one attached hydrogen (secondary N) is 1. The fraction of sp³-hybridized carbons (Fsp3) is 0.600. The molecule has 108 valence electrons. The van der Waals surface area contributed by atoms with Crippen molar-refractivity contribution in [3.63, 3.8) is 0 Å². The molecule has 1 atom stereocenters. The first kappa shape index (κ1) is 16.8. The topological polar surface area (TPSA) is 21.3 Å². The normalized spacial score (nSPS) is 12.6. The molecule has 2 nitrogen and oxygen atoms in total. The molecule has 1 unspecified atom stereocenters. The van der Waals surface area contributed by atoms with Crippen LogP contribution in [0.1, 0.15) is 32.3 Å². The average molecular weight is 304 g/mol. The van der Waals surface area contributed by atoms with E-state index in [2.05, 4.69) is 19.2 Å². The first-order chi connectivity index (χ1) is 9.19. The molecule has 0 aliphatic heterocycles. The van der Waals surface area contributed by atoms with Gasteiger partial charge in [0.25, 0.3) is 0 Å². The van der Waals surface area contributed by atoms with E-state index in [1.54, 1.807) is 0 Å². The molecule has 0 spiro atoms. The molecule has 0 aliphatic rings. The van der Waals surface area contributed by atoms with Crippen molar-refractivity contribution in [1.82, 2.24) is 5.32 Å². The summed E-state index contributed by atoms with van der Waals surface area (Å²) in [6.07, 6.45) is 2.93. The SMILES string of the molecule is CCCNC(COCCC)Cc1c(Cl)cccc1Cl. The lowest BCUT2D eigenvalue weighted by Gasteiger charge is -2.20. The van der Waals surface area contributed by atoms with Crippen molar-refractivity contribution in [2.45, 2.75) is 39.2 Å². The highest BCUT2D eigenvalue weighted by Crippen LogP contribution is 2.25. The maximum atomic E-state index is 6.22. The van der Waals surface area contributed by atoms with Crippen LogP contribution in [-0.2, 0) is 11.2 Å². The Bertz CT molecular complexity index is 351. The van der Waals surface area contributed by atoms with Gasteiger partial charge in [-0.15, -0.1) is 0 Å². The molecule has 0 radical (unpaired) electrons. The van der Waals surface area contributed by atoms with Crippen LogP contribution >= 0.6 is 23.2 Å². The Morgan fingerprint density at radius 3 is 2.42 bits per heavy atom. The number of ether oxygens (including phenoxy) is 1. The first-order valence-corrected chi connectivity index (χ1v) is 7.68. The van der Waals surface area contributed by atoms with Crippen molar-refractivity contribution < 1.29 is 4.74 Å². The molecule has 1 aromatic rings. The monoisotopic (exact) mass is 303 g/mol. The lowest BCUT2D eigenvalue weighted by atomic mass is 10.1. The Hall–Kier alpha value is -0.280. The van der Waals surface area contributed by atoms with Gasteiger partial charge in [0.05, 0.1) is 6.61 Å². The maximum absolute atomic E-state index is 6.22. The Kier molecular flexibility index (Phi) is 8.47. The summed E-state index contributed by atoms with van der Waals surface area (Å²) in [5.74, 6) is 0. The van der Waals surface area contributed by atoms with E-state index in [4.69, 9.17) is 27.9 Å². The molecule has 4 heteroatoms. The van der Waals surface area contributed by atoms with Gasteiger partial charge < -0.3 is 10.1 Å². The van der Waals surface area contributed by atoms with Crippen molar-refractivity contribution in [2.24, 2.45) is 0 Å². The second-order valence-corrected chi connectivity index (χ2v) is 5.44. The van der Waals surface area contributed by atoms with Crippen molar-refractivity contribution in [3.8, 4) is 0 Å². The molecule has 1 N–H and O–H groups in total. The highest BCUT2D eigenvalue weighted by Gasteiger charge is 2.13. The molecule has 1 aromatic carbocycles. The Morgan fingerprint density at radius 2 is 1.84 bits per heavy atom. The number of hydrogen-bond donors (Lipinski definition) is 1. The van der Waals surface area contributed by atoms with E-state index >= 15 is 0 Å². The van der Waals surface area contributed by atoms with Crippen LogP contribution in [0, 0.1) is 0 Å². The zero-order valence-electron chi connectivity index (χ0n) is 11.7. The van der Waals surface area contributed by atoms with E-state index in [1.165, 1.54) is 0 Å². The molecule has 0 saturated carbocycles. The number of halogens is 2. The van der Waals surface area contributed by atoms with E-state index in [0.29, 0.717) is 6.61 Å². The van der Waals surface area contributed by atoms with Crippen LogP contribution < -0.4 is 5.32 Å². The van der Waals surface area contributed by atoms with Crippen molar-refractivity contribution >= 4 is 23.2 Å². The van der Waals surface area contributed by atoms with Crippen molar-refractivity contribution in [1.29, 1.82) is 0 Å². The van der Waals surface area contributed by atoms with Crippen LogP contribution in [-0.4, -0.2) is 25.8 Å². The van der Waals surface area contributed by atoms with Gasteiger partial charge >= 0.3 is 0 Å². The molecule has 0 amide bonds. The lowest BCUT2D eigenvalue weighted by Crippen LogP contribution is -2.36. The van der Waals surface area contributed by atoms with Crippen molar-refractivity contribution in [3.05, 3.63) is 33.8 Å². The van der Waals surface area contributed by atoms with E-state index in [-0.39, 0.29) is 6.04 Å². The molecule has 19 heavy (non-hydrogen) atoms. The van der Waals surface area contributed by atoms with Gasteiger partial charge in [0.2, 0.25) is 0 Å². The minimum Gasteiger partial charge on any atom is -0.380 e. The molecule has 0 aromatic heterocycles. The lowest BCUT2D eigenvalue weighted by molar-refractivity contribution is 0.112. The number of rotatable bonds is 9. The highest BCUT2D eigenvalue weighted by molar-refractivity contribution is 6.35. The third-order valence-corrected chi connectivity index (χ3v) is 3.57. The highest BCUT2D eigenvalue weighted by atomic mass is 35.5. The predicted octanol–water partition coefficient (Wildman–Crippen LogP) is 4.33. The summed E-state index contributed by atoms with van der Waals surface area (Å²) in [5, 5.41) is 4.95. The van der Waals surface area contributed by atoms with E-state index in [0.717, 1.165) is 48.0 Å². The second-order valence-electron chi connectivity index (χ2n) is 4.63. The molecule has 0 saturated heterocycles. The Morgan fingerprint density at radius 1 is 1.16 bits per heavy atom. The summed E-state index contributed by atoms with van der Waals surface area (Å²) < 4.78 is 5.65. The van der Waals surface area contributed by atoms with Gasteiger partial charge in [-0.05, 0) is 43.5 Å². The van der Waals surface area contributed by atoms with Gasteiger partial charge in [-0.2, -0.15) is 0 Å². The molecule has 0 aliphatic carbocycles. The first-order valence-electron chi connectivity index (χ1n) is 6.93. The third-order valence-electron chi connectivity index (χ3n) is 2.86. The fourth-order valence-electron chi connectivity index (χ4n) is 1.88. The molecule has 1 rings (SSSR count). The van der Waals surface area contributed by atoms with Crippen molar-refractivity contribution in [2.75, 3.05) is 19.8 Å². The van der Waals surface area contributed by atoms with Crippen LogP contribution in [0.5, 0.6) is 0 Å². The Labute approximate surface area is 126 Å². The number of benzene rings is 1. The standard InChI is InChI=1S/C15H23Cl2NO/c1-3-8-18-12(11-19-9-4-2)10-13-14(16)6-5-7-15(13)17/h5-7,12,18H,3-4,8-11H2,1-2H3. The van der Waals surface area contributed by atoms with Crippen LogP contribution in [0.15, 0.2) is 18.2 Å². The minimum absolute atomic E-state index is 0.254. The molecule has 0 fully saturated rings. The van der Waals surface area contributed by atoms with E-state index < -0.39 is 0 Å². The summed E-state index contributed by atoms with van der Waals surface area (Å²) in [6, 6.07) is 5.89. The van der Waals surface area contributed by atoms with Gasteiger partial charge in [0, 0.05) is 22.7 Å². The van der Waals surface area contributed by atoms with E-state index in [1.807, 2.05) is 18.2 Å². The van der Waals surface area contributed by atoms with Gasteiger partial charge in [0.15, 0.2) is 0 Å². The van der Waals surface area contributed by atoms with Gasteiger partial charge in [-0.25, -0.2) is 0 Å². The number of hydrogen-bond acceptors (Lipinski definition) is 2. The maximum Gasteiger partial charge on any atom is 0.0622 e. The molecule has 0 bridgehead atoms. The summed E-state index contributed by atoms with van der Waals surface area (Å²) in [5.41, 5.74) is 1.000. The quantitative estimate of drug-likeness (QED) is 0.686. The van der Waals surface area contributed by atoms with Gasteiger partial charge in [-0.3, -0.25) is 0 Å². The van der Waals surface area contributed by atoms with Crippen LogP contribution in [0.25, 0.3) is 0 Å². The Balaban J connectivity index is 2.64. The smallest absolute Gasteiger partial charge is 0.0622 e. The molecular formula is C15H23Cl2NO. The summed E-state index contributed by atoms with van der Waals surface area (Å²) in [6.45, 7) is 6.72. The van der Waals surface area contributed by atoms with Crippen LogP contribution in [0.4, 0.5) is 0 Å². The fourth-order valence-corrected chi connectivity index (χ4v) is 2.43. The van der Waals surface area contributed by atoms with Crippen LogP contribution in [0.2, 0.25) is 10.0 Å². The zero-order valence-corrected chi connectivity index (χ0v) is 13.2. The van der Waals surface area contributed by atoms with E-state index in [9.17, 15) is 0 Å². The summed E-state index contributed by atoms with van der Waals surface area (Å²) in [7, 11) is 0. The second kappa shape index (κ2) is 9.60. The van der Waals surface area contributed by atoms with Gasteiger partial charge in [-0.1, -0.05) is 43.1 Å². The average Bonchev–Trinajstić information content (AvgIpc) is 2.39.